The molecule has 0 bridgehead atoms. The third-order valence-electron chi connectivity index (χ3n) is 4.90. The van der Waals surface area contributed by atoms with E-state index in [1.807, 2.05) is 32.0 Å². The molecular weight excluding hydrogens is 426 g/mol. The zero-order valence-corrected chi connectivity index (χ0v) is 18.8. The van der Waals surface area contributed by atoms with Gasteiger partial charge in [-0.3, -0.25) is 0 Å². The standard InChI is InChI=1S/C26H22ClNO4/c1-17-5-4-6-23(18(17)2)31-16-26(29)32-24-12-7-19(14-25(24)30-3)13-21(15-28)20-8-10-22(27)11-9-20/h4-14H,16H2,1-3H3/b21-13+. The third-order valence-corrected chi connectivity index (χ3v) is 5.15. The van der Waals surface area contributed by atoms with Gasteiger partial charge in [-0.2, -0.15) is 5.26 Å². The lowest BCUT2D eigenvalue weighted by Crippen LogP contribution is -2.18. The minimum absolute atomic E-state index is 0.232. The van der Waals surface area contributed by atoms with Gasteiger partial charge in [-0.25, -0.2) is 4.79 Å². The fraction of sp³-hybridized carbons (Fsp3) is 0.154. The Labute approximate surface area is 192 Å². The molecule has 32 heavy (non-hydrogen) atoms. The summed E-state index contributed by atoms with van der Waals surface area (Å²) in [5.41, 5.74) is 3.99. The molecule has 0 saturated carbocycles. The van der Waals surface area contributed by atoms with E-state index < -0.39 is 5.97 Å². The van der Waals surface area contributed by atoms with Gasteiger partial charge in [0.15, 0.2) is 18.1 Å². The summed E-state index contributed by atoms with van der Waals surface area (Å²) < 4.78 is 16.4. The minimum atomic E-state index is -0.550. The van der Waals surface area contributed by atoms with E-state index in [-0.39, 0.29) is 12.4 Å². The van der Waals surface area contributed by atoms with Crippen LogP contribution in [0.15, 0.2) is 60.7 Å². The minimum Gasteiger partial charge on any atom is -0.493 e. The summed E-state index contributed by atoms with van der Waals surface area (Å²) >= 11 is 5.92. The summed E-state index contributed by atoms with van der Waals surface area (Å²) in [4.78, 5) is 12.3. The van der Waals surface area contributed by atoms with Crippen molar-refractivity contribution in [3.05, 3.63) is 87.9 Å². The second-order valence-corrected chi connectivity index (χ2v) is 7.48. The number of methoxy groups -OCH3 is 1. The molecule has 0 fully saturated rings. The second-order valence-electron chi connectivity index (χ2n) is 7.05. The van der Waals surface area contributed by atoms with Gasteiger partial charge in [0.25, 0.3) is 0 Å². The number of aryl methyl sites for hydroxylation is 1. The lowest BCUT2D eigenvalue weighted by molar-refractivity contribution is -0.136. The number of hydrogen-bond donors (Lipinski definition) is 0. The summed E-state index contributed by atoms with van der Waals surface area (Å²) in [5, 5.41) is 10.1. The van der Waals surface area contributed by atoms with Crippen molar-refractivity contribution < 1.29 is 19.0 Å². The number of halogens is 1. The predicted octanol–water partition coefficient (Wildman–Crippen LogP) is 6.01. The van der Waals surface area contributed by atoms with Gasteiger partial charge >= 0.3 is 5.97 Å². The first-order valence-corrected chi connectivity index (χ1v) is 10.2. The normalized spacial score (nSPS) is 10.9. The fourth-order valence-corrected chi connectivity index (χ4v) is 3.13. The zero-order valence-electron chi connectivity index (χ0n) is 18.0. The van der Waals surface area contributed by atoms with Crippen molar-refractivity contribution in [1.82, 2.24) is 0 Å². The second kappa shape index (κ2) is 10.5. The number of esters is 1. The highest BCUT2D eigenvalue weighted by Crippen LogP contribution is 2.30. The molecule has 6 heteroatoms. The van der Waals surface area contributed by atoms with Crippen LogP contribution in [-0.4, -0.2) is 19.7 Å². The van der Waals surface area contributed by atoms with Gasteiger partial charge in [0.05, 0.1) is 18.8 Å². The predicted molar refractivity (Wildman–Crippen MR) is 125 cm³/mol. The molecule has 5 nitrogen and oxygen atoms in total. The summed E-state index contributed by atoms with van der Waals surface area (Å²) in [7, 11) is 1.48. The summed E-state index contributed by atoms with van der Waals surface area (Å²) in [6.07, 6.45) is 1.72. The van der Waals surface area contributed by atoms with Crippen molar-refractivity contribution >= 4 is 29.2 Å². The lowest BCUT2D eigenvalue weighted by Gasteiger charge is -2.12. The average Bonchev–Trinajstić information content (AvgIpc) is 2.80. The molecule has 0 saturated heterocycles. The summed E-state index contributed by atoms with van der Waals surface area (Å²) in [6.45, 7) is 3.68. The first-order chi connectivity index (χ1) is 15.4. The topological polar surface area (TPSA) is 68.5 Å². The molecule has 0 amide bonds. The van der Waals surface area contributed by atoms with Crippen LogP contribution in [0.5, 0.6) is 17.2 Å². The van der Waals surface area contributed by atoms with Crippen LogP contribution >= 0.6 is 11.6 Å². The Bertz CT molecular complexity index is 1190. The van der Waals surface area contributed by atoms with Crippen molar-refractivity contribution in [1.29, 1.82) is 5.26 Å². The van der Waals surface area contributed by atoms with Gasteiger partial charge in [0, 0.05) is 5.02 Å². The maximum absolute atomic E-state index is 12.3. The van der Waals surface area contributed by atoms with E-state index in [0.29, 0.717) is 22.1 Å². The molecule has 162 valence electrons. The van der Waals surface area contributed by atoms with Crippen molar-refractivity contribution in [3.8, 4) is 23.3 Å². The Hall–Kier alpha value is -3.75. The molecule has 0 aromatic heterocycles. The van der Waals surface area contributed by atoms with Crippen LogP contribution in [0.1, 0.15) is 22.3 Å². The summed E-state index contributed by atoms with van der Waals surface area (Å²) in [5.74, 6) is 0.725. The quantitative estimate of drug-likeness (QED) is 0.192. The molecule has 0 spiro atoms. The molecule has 0 aliphatic carbocycles. The number of allylic oxidation sites excluding steroid dienone is 1. The zero-order chi connectivity index (χ0) is 23.1. The molecular formula is C26H22ClNO4. The first-order valence-electron chi connectivity index (χ1n) is 9.86. The molecule has 3 rings (SSSR count). The molecule has 0 N–H and O–H groups in total. The van der Waals surface area contributed by atoms with Crippen LogP contribution in [0, 0.1) is 25.2 Å². The third kappa shape index (κ3) is 5.69. The van der Waals surface area contributed by atoms with Crippen LogP contribution in [0.25, 0.3) is 11.6 Å². The Balaban J connectivity index is 1.73. The number of nitriles is 1. The number of carbonyl (C=O) groups is 1. The SMILES string of the molecule is COc1cc(/C=C(\C#N)c2ccc(Cl)cc2)ccc1OC(=O)COc1cccc(C)c1C. The van der Waals surface area contributed by atoms with E-state index in [9.17, 15) is 10.1 Å². The van der Waals surface area contributed by atoms with E-state index in [0.717, 1.165) is 22.3 Å². The Morgan fingerprint density at radius 2 is 1.78 bits per heavy atom. The van der Waals surface area contributed by atoms with E-state index in [1.165, 1.54) is 7.11 Å². The maximum Gasteiger partial charge on any atom is 0.349 e. The molecule has 3 aromatic carbocycles. The summed E-state index contributed by atoms with van der Waals surface area (Å²) in [6, 6.07) is 19.9. The monoisotopic (exact) mass is 447 g/mol. The molecule has 3 aromatic rings. The molecule has 0 radical (unpaired) electrons. The number of ether oxygens (including phenoxy) is 3. The number of benzene rings is 3. The average molecular weight is 448 g/mol. The molecule has 0 aliphatic heterocycles. The number of carbonyl (C=O) groups excluding carboxylic acids is 1. The van der Waals surface area contributed by atoms with E-state index in [2.05, 4.69) is 6.07 Å². The molecule has 0 heterocycles. The van der Waals surface area contributed by atoms with Gasteiger partial charge in [-0.1, -0.05) is 41.9 Å². The van der Waals surface area contributed by atoms with Crippen LogP contribution < -0.4 is 14.2 Å². The van der Waals surface area contributed by atoms with E-state index >= 15 is 0 Å². The van der Waals surface area contributed by atoms with Gasteiger partial charge in [0.2, 0.25) is 0 Å². The van der Waals surface area contributed by atoms with Gasteiger partial charge < -0.3 is 14.2 Å². The maximum atomic E-state index is 12.3. The molecule has 0 atom stereocenters. The van der Waals surface area contributed by atoms with Gasteiger partial charge in [-0.05, 0) is 72.5 Å². The Kier molecular flexibility index (Phi) is 7.54. The Morgan fingerprint density at radius 1 is 1.03 bits per heavy atom. The van der Waals surface area contributed by atoms with Gasteiger partial charge in [-0.15, -0.1) is 0 Å². The van der Waals surface area contributed by atoms with Crippen molar-refractivity contribution in [3.63, 3.8) is 0 Å². The largest absolute Gasteiger partial charge is 0.493 e. The fourth-order valence-electron chi connectivity index (χ4n) is 3.00. The number of rotatable bonds is 7. The van der Waals surface area contributed by atoms with Crippen LogP contribution in [0.4, 0.5) is 0 Å². The van der Waals surface area contributed by atoms with Crippen LogP contribution in [-0.2, 0) is 4.79 Å². The smallest absolute Gasteiger partial charge is 0.349 e. The molecule has 0 aliphatic rings. The highest BCUT2D eigenvalue weighted by Gasteiger charge is 2.13. The van der Waals surface area contributed by atoms with Crippen LogP contribution in [0.3, 0.4) is 0 Å². The highest BCUT2D eigenvalue weighted by molar-refractivity contribution is 6.30. The van der Waals surface area contributed by atoms with E-state index in [1.54, 1.807) is 48.5 Å². The lowest BCUT2D eigenvalue weighted by atomic mass is 10.0. The van der Waals surface area contributed by atoms with Crippen molar-refractivity contribution in [2.75, 3.05) is 13.7 Å². The van der Waals surface area contributed by atoms with E-state index in [4.69, 9.17) is 25.8 Å². The van der Waals surface area contributed by atoms with Crippen LogP contribution in [0.2, 0.25) is 5.02 Å². The van der Waals surface area contributed by atoms with Crippen molar-refractivity contribution in [2.24, 2.45) is 0 Å². The number of nitrogens with zero attached hydrogens (tertiary/aromatic N) is 1. The van der Waals surface area contributed by atoms with Crippen molar-refractivity contribution in [2.45, 2.75) is 13.8 Å². The molecule has 0 unspecified atom stereocenters. The number of hydrogen-bond acceptors (Lipinski definition) is 5. The highest BCUT2D eigenvalue weighted by atomic mass is 35.5. The first kappa shape index (κ1) is 22.9. The van der Waals surface area contributed by atoms with Gasteiger partial charge in [0.1, 0.15) is 5.75 Å². The Morgan fingerprint density at radius 3 is 2.47 bits per heavy atom.